The predicted octanol–water partition coefficient (Wildman–Crippen LogP) is 0.419. The van der Waals surface area contributed by atoms with E-state index < -0.39 is 0 Å². The van der Waals surface area contributed by atoms with Gasteiger partial charge in [0.1, 0.15) is 5.75 Å². The number of aromatic hydroxyl groups is 1. The summed E-state index contributed by atoms with van der Waals surface area (Å²) in [6.07, 6.45) is 0.462. The maximum atomic E-state index is 12.3. The van der Waals surface area contributed by atoms with E-state index in [-0.39, 0.29) is 17.8 Å². The van der Waals surface area contributed by atoms with Crippen LogP contribution in [0.1, 0.15) is 6.42 Å². The topological polar surface area (TPSA) is 65.0 Å². The van der Waals surface area contributed by atoms with Crippen LogP contribution in [-0.4, -0.2) is 67.9 Å². The lowest BCUT2D eigenvalue weighted by molar-refractivity contribution is -0.135. The second-order valence-electron chi connectivity index (χ2n) is 5.79. The van der Waals surface area contributed by atoms with E-state index in [4.69, 9.17) is 4.74 Å². The van der Waals surface area contributed by atoms with Gasteiger partial charge in [0.2, 0.25) is 5.91 Å². The van der Waals surface area contributed by atoms with Crippen LogP contribution in [0.4, 0.5) is 5.69 Å². The Hall–Kier alpha value is -1.79. The van der Waals surface area contributed by atoms with Gasteiger partial charge >= 0.3 is 0 Å². The van der Waals surface area contributed by atoms with Gasteiger partial charge in [-0.3, -0.25) is 4.79 Å². The van der Waals surface area contributed by atoms with Crippen LogP contribution in [0.5, 0.6) is 5.75 Å². The lowest BCUT2D eigenvalue weighted by atomic mass is 10.2. The van der Waals surface area contributed by atoms with E-state index in [1.165, 1.54) is 0 Å². The summed E-state index contributed by atoms with van der Waals surface area (Å²) in [6, 6.07) is 7.26. The molecule has 2 saturated heterocycles. The Morgan fingerprint density at radius 1 is 1.32 bits per heavy atom. The van der Waals surface area contributed by atoms with Gasteiger partial charge in [-0.05, 0) is 12.1 Å². The number of nitrogens with zero attached hydrogens (tertiary/aromatic N) is 2. The summed E-state index contributed by atoms with van der Waals surface area (Å²) in [7, 11) is 0. The van der Waals surface area contributed by atoms with Crippen LogP contribution in [0.25, 0.3) is 0 Å². The number of morpholine rings is 1. The lowest BCUT2D eigenvalue weighted by Crippen LogP contribution is -2.50. The van der Waals surface area contributed by atoms with Gasteiger partial charge in [-0.2, -0.15) is 0 Å². The zero-order valence-electron chi connectivity index (χ0n) is 12.7. The van der Waals surface area contributed by atoms with Gasteiger partial charge in [0.15, 0.2) is 0 Å². The predicted molar refractivity (Wildman–Crippen MR) is 84.1 cm³/mol. The molecule has 1 aromatic carbocycles. The Morgan fingerprint density at radius 3 is 2.82 bits per heavy atom. The minimum absolute atomic E-state index is 0.00495. The summed E-state index contributed by atoms with van der Waals surface area (Å²) in [4.78, 5) is 16.4. The molecule has 0 radical (unpaired) electrons. The molecule has 0 spiro atoms. The first kappa shape index (κ1) is 15.1. The molecule has 0 bridgehead atoms. The van der Waals surface area contributed by atoms with Crippen molar-refractivity contribution in [1.82, 2.24) is 10.2 Å². The Kier molecular flexibility index (Phi) is 4.80. The highest BCUT2D eigenvalue weighted by atomic mass is 16.5. The number of anilines is 1. The molecule has 0 unspecified atom stereocenters. The van der Waals surface area contributed by atoms with Crippen LogP contribution in [0, 0.1) is 0 Å². The molecule has 2 fully saturated rings. The third-order valence-corrected chi connectivity index (χ3v) is 4.23. The van der Waals surface area contributed by atoms with Gasteiger partial charge in [0.05, 0.1) is 19.1 Å². The number of piperazine rings is 1. The molecule has 22 heavy (non-hydrogen) atoms. The number of carbonyl (C=O) groups excluding carboxylic acids is 1. The molecule has 1 amide bonds. The highest BCUT2D eigenvalue weighted by Crippen LogP contribution is 2.21. The SMILES string of the molecule is O=C(C[C@H]1CNCCO1)N1CCN(c2cccc(O)c2)CC1. The van der Waals surface area contributed by atoms with Crippen LogP contribution in [0.2, 0.25) is 0 Å². The number of carbonyl (C=O) groups is 1. The molecule has 6 nitrogen and oxygen atoms in total. The molecule has 120 valence electrons. The average molecular weight is 305 g/mol. The summed E-state index contributed by atoms with van der Waals surface area (Å²) >= 11 is 0. The van der Waals surface area contributed by atoms with Gasteiger partial charge in [0, 0.05) is 51.0 Å². The quantitative estimate of drug-likeness (QED) is 0.847. The largest absolute Gasteiger partial charge is 0.508 e. The summed E-state index contributed by atoms with van der Waals surface area (Å²) in [5.74, 6) is 0.446. The number of amides is 1. The molecular weight excluding hydrogens is 282 g/mol. The van der Waals surface area contributed by atoms with E-state index in [1.807, 2.05) is 17.0 Å². The Labute approximate surface area is 130 Å². The third-order valence-electron chi connectivity index (χ3n) is 4.23. The first-order valence-corrected chi connectivity index (χ1v) is 7.86. The van der Waals surface area contributed by atoms with Gasteiger partial charge in [-0.1, -0.05) is 6.07 Å². The number of phenols is 1. The van der Waals surface area contributed by atoms with Gasteiger partial charge in [-0.25, -0.2) is 0 Å². The Balaban J connectivity index is 1.49. The fourth-order valence-corrected chi connectivity index (χ4v) is 2.98. The van der Waals surface area contributed by atoms with Crippen LogP contribution < -0.4 is 10.2 Å². The Morgan fingerprint density at radius 2 is 2.14 bits per heavy atom. The van der Waals surface area contributed by atoms with Crippen molar-refractivity contribution in [3.63, 3.8) is 0 Å². The van der Waals surface area contributed by atoms with Crippen molar-refractivity contribution in [3.8, 4) is 5.75 Å². The maximum absolute atomic E-state index is 12.3. The summed E-state index contributed by atoms with van der Waals surface area (Å²) in [5.41, 5.74) is 1.01. The van der Waals surface area contributed by atoms with Crippen molar-refractivity contribution in [2.75, 3.05) is 50.8 Å². The molecule has 3 rings (SSSR count). The highest BCUT2D eigenvalue weighted by Gasteiger charge is 2.25. The first-order valence-electron chi connectivity index (χ1n) is 7.86. The second-order valence-corrected chi connectivity index (χ2v) is 5.79. The molecule has 0 aliphatic carbocycles. The number of hydrogen-bond donors (Lipinski definition) is 2. The number of rotatable bonds is 3. The maximum Gasteiger partial charge on any atom is 0.225 e. The van der Waals surface area contributed by atoms with Gasteiger partial charge in [-0.15, -0.1) is 0 Å². The number of phenolic OH excluding ortho intramolecular Hbond substituents is 1. The second kappa shape index (κ2) is 6.98. The van der Waals surface area contributed by atoms with E-state index in [2.05, 4.69) is 10.2 Å². The van der Waals surface area contributed by atoms with Crippen molar-refractivity contribution in [2.45, 2.75) is 12.5 Å². The van der Waals surface area contributed by atoms with E-state index in [9.17, 15) is 9.90 Å². The van der Waals surface area contributed by atoms with Crippen LogP contribution in [0.3, 0.4) is 0 Å². The smallest absolute Gasteiger partial charge is 0.225 e. The third kappa shape index (κ3) is 3.69. The van der Waals surface area contributed by atoms with Crippen LogP contribution in [-0.2, 0) is 9.53 Å². The van der Waals surface area contributed by atoms with Crippen molar-refractivity contribution in [1.29, 1.82) is 0 Å². The zero-order chi connectivity index (χ0) is 15.4. The lowest BCUT2D eigenvalue weighted by Gasteiger charge is -2.37. The summed E-state index contributed by atoms with van der Waals surface area (Å²) in [5, 5.41) is 12.8. The molecule has 0 aromatic heterocycles. The minimum Gasteiger partial charge on any atom is -0.508 e. The minimum atomic E-state index is 0.00495. The van der Waals surface area contributed by atoms with E-state index in [1.54, 1.807) is 12.1 Å². The first-order chi connectivity index (χ1) is 10.7. The number of hydrogen-bond acceptors (Lipinski definition) is 5. The fraction of sp³-hybridized carbons (Fsp3) is 0.562. The highest BCUT2D eigenvalue weighted by molar-refractivity contribution is 5.77. The average Bonchev–Trinajstić information content (AvgIpc) is 2.56. The van der Waals surface area contributed by atoms with Gasteiger partial charge in [0.25, 0.3) is 0 Å². The molecule has 2 heterocycles. The van der Waals surface area contributed by atoms with E-state index >= 15 is 0 Å². The molecule has 0 saturated carbocycles. The molecule has 2 N–H and O–H groups in total. The summed E-state index contributed by atoms with van der Waals surface area (Å²) < 4.78 is 5.59. The van der Waals surface area contributed by atoms with Crippen LogP contribution in [0.15, 0.2) is 24.3 Å². The Bertz CT molecular complexity index is 509. The monoisotopic (exact) mass is 305 g/mol. The molecule has 2 aliphatic heterocycles. The standard InChI is InChI=1S/C16H23N3O3/c20-14-3-1-2-13(10-14)18-5-7-19(8-6-18)16(21)11-15-12-17-4-9-22-15/h1-3,10,15,17,20H,4-9,11-12H2/t15-/m0/s1. The zero-order valence-corrected chi connectivity index (χ0v) is 12.7. The van der Waals surface area contributed by atoms with Crippen molar-refractivity contribution in [2.24, 2.45) is 0 Å². The molecule has 1 aromatic rings. The molecular formula is C16H23N3O3. The molecule has 1 atom stereocenters. The van der Waals surface area contributed by atoms with Crippen molar-refractivity contribution < 1.29 is 14.6 Å². The van der Waals surface area contributed by atoms with E-state index in [0.717, 1.165) is 31.9 Å². The normalized spacial score (nSPS) is 22.6. The van der Waals surface area contributed by atoms with Crippen molar-refractivity contribution in [3.05, 3.63) is 24.3 Å². The number of ether oxygens (including phenoxy) is 1. The summed E-state index contributed by atoms with van der Waals surface area (Å²) in [6.45, 7) is 5.33. The van der Waals surface area contributed by atoms with Crippen molar-refractivity contribution >= 4 is 11.6 Å². The van der Waals surface area contributed by atoms with Gasteiger partial charge < -0.3 is 25.0 Å². The molecule has 6 heteroatoms. The van der Waals surface area contributed by atoms with Crippen LogP contribution >= 0.6 is 0 Å². The molecule has 2 aliphatic rings. The van der Waals surface area contributed by atoms with E-state index in [0.29, 0.717) is 26.1 Å². The number of nitrogens with one attached hydrogen (secondary N) is 1. The fourth-order valence-electron chi connectivity index (χ4n) is 2.98. The number of benzene rings is 1.